The van der Waals surface area contributed by atoms with Gasteiger partial charge in [0.05, 0.1) is 0 Å². The van der Waals surface area contributed by atoms with Crippen molar-refractivity contribution in [3.63, 3.8) is 0 Å². The minimum Gasteiger partial charge on any atom is -0.384 e. The molecule has 1 aliphatic rings. The van der Waals surface area contributed by atoms with Gasteiger partial charge in [-0.2, -0.15) is 0 Å². The standard InChI is InChI=1S/C11H22N2O2/c1-5-13-8(2)6-12(7-9(13)3)11(15)10(4)14/h8-10,14H,5-7H2,1-4H3/t8-,9+,10-/m0/s1. The first-order chi connectivity index (χ1) is 6.97. The van der Waals surface area contributed by atoms with Gasteiger partial charge in [-0.15, -0.1) is 0 Å². The molecule has 0 spiro atoms. The molecule has 1 aliphatic heterocycles. The maximum atomic E-state index is 11.6. The van der Waals surface area contributed by atoms with Crippen LogP contribution in [-0.2, 0) is 4.79 Å². The van der Waals surface area contributed by atoms with Gasteiger partial charge in [-0.1, -0.05) is 6.92 Å². The molecule has 0 aromatic rings. The Kier molecular flexibility index (Phi) is 4.11. The Labute approximate surface area is 91.9 Å². The van der Waals surface area contributed by atoms with Crippen molar-refractivity contribution in [1.29, 1.82) is 0 Å². The van der Waals surface area contributed by atoms with Crippen molar-refractivity contribution in [1.82, 2.24) is 9.80 Å². The van der Waals surface area contributed by atoms with Gasteiger partial charge >= 0.3 is 0 Å². The SMILES string of the molecule is CCN1[C@H](C)CN(C(=O)[C@H](C)O)C[C@@H]1C. The second kappa shape index (κ2) is 4.94. The predicted octanol–water partition coefficient (Wildman–Crippen LogP) is 0.308. The number of hydrogen-bond donors (Lipinski definition) is 1. The van der Waals surface area contributed by atoms with Crippen LogP contribution in [0.25, 0.3) is 0 Å². The van der Waals surface area contributed by atoms with Crippen LogP contribution >= 0.6 is 0 Å². The highest BCUT2D eigenvalue weighted by Crippen LogP contribution is 2.15. The van der Waals surface area contributed by atoms with Crippen LogP contribution in [0.15, 0.2) is 0 Å². The maximum absolute atomic E-state index is 11.6. The van der Waals surface area contributed by atoms with Crippen LogP contribution in [0.5, 0.6) is 0 Å². The Balaban J connectivity index is 2.64. The van der Waals surface area contributed by atoms with Gasteiger partial charge in [-0.25, -0.2) is 0 Å². The molecular weight excluding hydrogens is 192 g/mol. The topological polar surface area (TPSA) is 43.8 Å². The molecule has 0 aliphatic carbocycles. The Hall–Kier alpha value is -0.610. The zero-order valence-corrected chi connectivity index (χ0v) is 10.1. The summed E-state index contributed by atoms with van der Waals surface area (Å²) in [6, 6.07) is 0.753. The lowest BCUT2D eigenvalue weighted by atomic mass is 10.1. The molecule has 4 nitrogen and oxygen atoms in total. The van der Waals surface area contributed by atoms with Crippen molar-refractivity contribution in [2.45, 2.75) is 45.9 Å². The molecule has 88 valence electrons. The van der Waals surface area contributed by atoms with E-state index in [-0.39, 0.29) is 5.91 Å². The van der Waals surface area contributed by atoms with Gasteiger partial charge in [-0.3, -0.25) is 9.69 Å². The number of hydrogen-bond acceptors (Lipinski definition) is 3. The summed E-state index contributed by atoms with van der Waals surface area (Å²) in [7, 11) is 0. The molecule has 4 heteroatoms. The highest BCUT2D eigenvalue weighted by atomic mass is 16.3. The predicted molar refractivity (Wildman–Crippen MR) is 59.6 cm³/mol. The number of likely N-dealkylation sites (N-methyl/N-ethyl adjacent to an activating group) is 1. The van der Waals surface area contributed by atoms with E-state index >= 15 is 0 Å². The first-order valence-corrected chi connectivity index (χ1v) is 5.70. The highest BCUT2D eigenvalue weighted by molar-refractivity contribution is 5.80. The van der Waals surface area contributed by atoms with Crippen molar-refractivity contribution in [2.24, 2.45) is 0 Å². The first kappa shape index (κ1) is 12.5. The van der Waals surface area contributed by atoms with Crippen LogP contribution in [0.2, 0.25) is 0 Å². The second-order valence-corrected chi connectivity index (χ2v) is 4.45. The molecule has 0 bridgehead atoms. The number of piperazine rings is 1. The van der Waals surface area contributed by atoms with Crippen LogP contribution in [0.4, 0.5) is 0 Å². The first-order valence-electron chi connectivity index (χ1n) is 5.70. The molecule has 1 heterocycles. The maximum Gasteiger partial charge on any atom is 0.251 e. The van der Waals surface area contributed by atoms with Crippen molar-refractivity contribution >= 4 is 5.91 Å². The molecule has 0 saturated carbocycles. The summed E-state index contributed by atoms with van der Waals surface area (Å²) in [5.41, 5.74) is 0. The van der Waals surface area contributed by atoms with Crippen LogP contribution in [-0.4, -0.2) is 58.6 Å². The number of carbonyl (C=O) groups excluding carboxylic acids is 1. The molecule has 1 rings (SSSR count). The van der Waals surface area contributed by atoms with E-state index in [0.29, 0.717) is 12.1 Å². The summed E-state index contributed by atoms with van der Waals surface area (Å²) >= 11 is 0. The number of carbonyl (C=O) groups is 1. The van der Waals surface area contributed by atoms with Crippen molar-refractivity contribution < 1.29 is 9.90 Å². The quantitative estimate of drug-likeness (QED) is 0.719. The monoisotopic (exact) mass is 214 g/mol. The van der Waals surface area contributed by atoms with Gasteiger partial charge in [0.15, 0.2) is 0 Å². The lowest BCUT2D eigenvalue weighted by Crippen LogP contribution is -2.59. The Morgan fingerprint density at radius 3 is 2.20 bits per heavy atom. The third-order valence-electron chi connectivity index (χ3n) is 3.14. The molecule has 3 atom stereocenters. The number of nitrogens with zero attached hydrogens (tertiary/aromatic N) is 2. The van der Waals surface area contributed by atoms with Crippen LogP contribution in [0.1, 0.15) is 27.7 Å². The summed E-state index contributed by atoms with van der Waals surface area (Å²) < 4.78 is 0. The van der Waals surface area contributed by atoms with Crippen LogP contribution < -0.4 is 0 Å². The molecule has 1 saturated heterocycles. The molecule has 1 fully saturated rings. The van der Waals surface area contributed by atoms with E-state index in [4.69, 9.17) is 0 Å². The highest BCUT2D eigenvalue weighted by Gasteiger charge is 2.31. The summed E-state index contributed by atoms with van der Waals surface area (Å²) in [6.07, 6.45) is -0.877. The minimum absolute atomic E-state index is 0.149. The Bertz CT molecular complexity index is 219. The summed E-state index contributed by atoms with van der Waals surface area (Å²) in [5.74, 6) is -0.149. The summed E-state index contributed by atoms with van der Waals surface area (Å²) in [6.45, 7) is 10.4. The average Bonchev–Trinajstić information content (AvgIpc) is 2.15. The van der Waals surface area contributed by atoms with Crippen LogP contribution in [0, 0.1) is 0 Å². The zero-order valence-electron chi connectivity index (χ0n) is 10.1. The van der Waals surface area contributed by atoms with Gasteiger partial charge in [0, 0.05) is 25.2 Å². The van der Waals surface area contributed by atoms with E-state index in [2.05, 4.69) is 25.7 Å². The summed E-state index contributed by atoms with van der Waals surface area (Å²) in [5, 5.41) is 9.26. The van der Waals surface area contributed by atoms with Crippen molar-refractivity contribution in [3.8, 4) is 0 Å². The molecule has 0 unspecified atom stereocenters. The van der Waals surface area contributed by atoms with Gasteiger partial charge in [-0.05, 0) is 27.3 Å². The fourth-order valence-corrected chi connectivity index (χ4v) is 2.42. The largest absolute Gasteiger partial charge is 0.384 e. The van der Waals surface area contributed by atoms with E-state index < -0.39 is 6.10 Å². The normalized spacial score (nSPS) is 30.3. The minimum atomic E-state index is -0.877. The van der Waals surface area contributed by atoms with E-state index in [9.17, 15) is 9.90 Å². The average molecular weight is 214 g/mol. The van der Waals surface area contributed by atoms with E-state index in [1.165, 1.54) is 6.92 Å². The fourth-order valence-electron chi connectivity index (χ4n) is 2.42. The molecule has 0 aromatic heterocycles. The second-order valence-electron chi connectivity index (χ2n) is 4.45. The molecule has 0 aromatic carbocycles. The van der Waals surface area contributed by atoms with Crippen molar-refractivity contribution in [3.05, 3.63) is 0 Å². The molecule has 1 amide bonds. The number of aliphatic hydroxyl groups is 1. The van der Waals surface area contributed by atoms with Crippen molar-refractivity contribution in [2.75, 3.05) is 19.6 Å². The van der Waals surface area contributed by atoms with Gasteiger partial charge < -0.3 is 10.0 Å². The number of aliphatic hydroxyl groups excluding tert-OH is 1. The summed E-state index contributed by atoms with van der Waals surface area (Å²) in [4.78, 5) is 15.8. The lowest BCUT2D eigenvalue weighted by Gasteiger charge is -2.44. The zero-order chi connectivity index (χ0) is 11.6. The van der Waals surface area contributed by atoms with Gasteiger partial charge in [0.1, 0.15) is 6.10 Å². The third kappa shape index (κ3) is 2.69. The molecule has 1 N–H and O–H groups in total. The molecule has 0 radical (unpaired) electrons. The van der Waals surface area contributed by atoms with Gasteiger partial charge in [0.25, 0.3) is 5.91 Å². The third-order valence-corrected chi connectivity index (χ3v) is 3.14. The smallest absolute Gasteiger partial charge is 0.251 e. The molecule has 15 heavy (non-hydrogen) atoms. The van der Waals surface area contributed by atoms with E-state index in [1.54, 1.807) is 4.90 Å². The van der Waals surface area contributed by atoms with E-state index in [1.807, 2.05) is 0 Å². The Morgan fingerprint density at radius 2 is 1.87 bits per heavy atom. The Morgan fingerprint density at radius 1 is 1.40 bits per heavy atom. The number of amides is 1. The lowest BCUT2D eigenvalue weighted by molar-refractivity contribution is -0.143. The fraction of sp³-hybridized carbons (Fsp3) is 0.909. The molecular formula is C11H22N2O2. The van der Waals surface area contributed by atoms with Crippen LogP contribution in [0.3, 0.4) is 0 Å². The number of rotatable bonds is 2. The van der Waals surface area contributed by atoms with Gasteiger partial charge in [0.2, 0.25) is 0 Å². The van der Waals surface area contributed by atoms with E-state index in [0.717, 1.165) is 19.6 Å².